The van der Waals surface area contributed by atoms with Crippen LogP contribution in [0.5, 0.6) is 0 Å². The average Bonchev–Trinajstić information content (AvgIpc) is 2.79. The molecule has 3 heteroatoms. The topological polar surface area (TPSA) is 12.0 Å². The Morgan fingerprint density at radius 3 is 2.56 bits per heavy atom. The number of thiophene rings is 1. The lowest BCUT2D eigenvalue weighted by atomic mass is 9.90. The second kappa shape index (κ2) is 8.95. The molecule has 1 N–H and O–H groups in total. The molecule has 0 aromatic carbocycles. The van der Waals surface area contributed by atoms with E-state index in [1.807, 2.05) is 6.07 Å². The first-order chi connectivity index (χ1) is 8.74. The molecule has 0 aliphatic carbocycles. The molecule has 18 heavy (non-hydrogen) atoms. The minimum atomic E-state index is 0.439. The summed E-state index contributed by atoms with van der Waals surface area (Å²) in [5, 5.41) is 6.73. The highest BCUT2D eigenvalue weighted by molar-refractivity contribution is 7.10. The van der Waals surface area contributed by atoms with Gasteiger partial charge < -0.3 is 5.32 Å². The van der Waals surface area contributed by atoms with E-state index in [0.29, 0.717) is 12.0 Å². The fraction of sp³-hybridized carbons (Fsp3) is 0.733. The highest BCUT2D eigenvalue weighted by Crippen LogP contribution is 2.36. The van der Waals surface area contributed by atoms with Gasteiger partial charge in [0.05, 0.1) is 5.02 Å². The standard InChI is InChI=1S/C15H26ClNS/c1-4-7-8-12(6-3)14(17-10-5-2)15-13(16)9-11-18-15/h9,11-12,14,17H,4-8,10H2,1-3H3. The van der Waals surface area contributed by atoms with Crippen LogP contribution in [0.3, 0.4) is 0 Å². The molecule has 0 saturated heterocycles. The normalized spacial score (nSPS) is 14.7. The molecule has 0 aliphatic heterocycles. The third-order valence-electron chi connectivity index (χ3n) is 3.47. The molecule has 0 bridgehead atoms. The van der Waals surface area contributed by atoms with Crippen LogP contribution in [0.25, 0.3) is 0 Å². The lowest BCUT2D eigenvalue weighted by Gasteiger charge is -2.27. The van der Waals surface area contributed by atoms with Gasteiger partial charge in [0.25, 0.3) is 0 Å². The molecule has 1 aromatic rings. The monoisotopic (exact) mass is 287 g/mol. The average molecular weight is 288 g/mol. The first-order valence-corrected chi connectivity index (χ1v) is 8.46. The molecule has 1 heterocycles. The van der Waals surface area contributed by atoms with Crippen molar-refractivity contribution in [3.05, 3.63) is 21.3 Å². The van der Waals surface area contributed by atoms with Gasteiger partial charge in [-0.25, -0.2) is 0 Å². The van der Waals surface area contributed by atoms with Crippen LogP contribution >= 0.6 is 22.9 Å². The van der Waals surface area contributed by atoms with E-state index in [4.69, 9.17) is 11.6 Å². The van der Waals surface area contributed by atoms with E-state index in [0.717, 1.165) is 11.6 Å². The van der Waals surface area contributed by atoms with Crippen LogP contribution in [0, 0.1) is 5.92 Å². The number of hydrogen-bond acceptors (Lipinski definition) is 2. The molecule has 1 rings (SSSR count). The Morgan fingerprint density at radius 1 is 1.28 bits per heavy atom. The Labute approximate surface area is 121 Å². The summed E-state index contributed by atoms with van der Waals surface area (Å²) in [5.41, 5.74) is 0. The zero-order valence-corrected chi connectivity index (χ0v) is 13.4. The van der Waals surface area contributed by atoms with E-state index in [1.165, 1.54) is 37.0 Å². The molecule has 2 atom stereocenters. The minimum Gasteiger partial charge on any atom is -0.309 e. The maximum atomic E-state index is 6.32. The Hall–Kier alpha value is -0.0500. The van der Waals surface area contributed by atoms with E-state index in [2.05, 4.69) is 31.5 Å². The quantitative estimate of drug-likeness (QED) is 0.618. The molecule has 0 aliphatic rings. The summed E-state index contributed by atoms with van der Waals surface area (Å²) in [5.74, 6) is 0.702. The predicted octanol–water partition coefficient (Wildman–Crippen LogP) is 5.66. The number of halogens is 1. The molecular weight excluding hydrogens is 262 g/mol. The van der Waals surface area contributed by atoms with Crippen LogP contribution in [0.15, 0.2) is 11.4 Å². The van der Waals surface area contributed by atoms with Crippen LogP contribution in [0.4, 0.5) is 0 Å². The van der Waals surface area contributed by atoms with Gasteiger partial charge in [-0.1, -0.05) is 51.6 Å². The van der Waals surface area contributed by atoms with Gasteiger partial charge >= 0.3 is 0 Å². The third kappa shape index (κ3) is 4.56. The second-order valence-electron chi connectivity index (χ2n) is 4.88. The zero-order chi connectivity index (χ0) is 13.4. The van der Waals surface area contributed by atoms with Gasteiger partial charge in [-0.3, -0.25) is 0 Å². The Kier molecular flexibility index (Phi) is 7.96. The van der Waals surface area contributed by atoms with Crippen molar-refractivity contribution < 1.29 is 0 Å². The number of nitrogens with one attached hydrogen (secondary N) is 1. The summed E-state index contributed by atoms with van der Waals surface area (Å²) in [6.45, 7) is 7.84. The van der Waals surface area contributed by atoms with Crippen molar-refractivity contribution in [2.45, 2.75) is 58.9 Å². The van der Waals surface area contributed by atoms with Crippen LogP contribution in [-0.2, 0) is 0 Å². The molecule has 0 radical (unpaired) electrons. The van der Waals surface area contributed by atoms with Crippen molar-refractivity contribution in [3.63, 3.8) is 0 Å². The fourth-order valence-corrected chi connectivity index (χ4v) is 3.72. The maximum Gasteiger partial charge on any atom is 0.0561 e. The highest BCUT2D eigenvalue weighted by atomic mass is 35.5. The van der Waals surface area contributed by atoms with E-state index < -0.39 is 0 Å². The first kappa shape index (κ1) is 16.0. The van der Waals surface area contributed by atoms with Crippen molar-refractivity contribution in [1.29, 1.82) is 0 Å². The molecule has 1 aromatic heterocycles. The number of unbranched alkanes of at least 4 members (excludes halogenated alkanes) is 1. The van der Waals surface area contributed by atoms with Crippen LogP contribution in [0.2, 0.25) is 5.02 Å². The second-order valence-corrected chi connectivity index (χ2v) is 6.23. The summed E-state index contributed by atoms with van der Waals surface area (Å²) < 4.78 is 0. The lowest BCUT2D eigenvalue weighted by molar-refractivity contribution is 0.327. The van der Waals surface area contributed by atoms with E-state index in [1.54, 1.807) is 11.3 Å². The first-order valence-electron chi connectivity index (χ1n) is 7.20. The van der Waals surface area contributed by atoms with Crippen LogP contribution in [-0.4, -0.2) is 6.54 Å². The Bertz CT molecular complexity index is 324. The Balaban J connectivity index is 2.78. The summed E-state index contributed by atoms with van der Waals surface area (Å²) in [4.78, 5) is 1.33. The van der Waals surface area contributed by atoms with Crippen molar-refractivity contribution in [2.75, 3.05) is 6.54 Å². The van der Waals surface area contributed by atoms with Gasteiger partial charge in [0.1, 0.15) is 0 Å². The Morgan fingerprint density at radius 2 is 2.06 bits per heavy atom. The van der Waals surface area contributed by atoms with E-state index in [9.17, 15) is 0 Å². The number of rotatable bonds is 9. The third-order valence-corrected chi connectivity index (χ3v) is 4.91. The summed E-state index contributed by atoms with van der Waals surface area (Å²) in [6, 6.07) is 2.46. The van der Waals surface area contributed by atoms with Crippen LogP contribution in [0.1, 0.15) is 63.8 Å². The number of hydrogen-bond donors (Lipinski definition) is 1. The van der Waals surface area contributed by atoms with Crippen molar-refractivity contribution in [2.24, 2.45) is 5.92 Å². The van der Waals surface area contributed by atoms with Crippen molar-refractivity contribution >= 4 is 22.9 Å². The molecule has 1 nitrogen and oxygen atoms in total. The van der Waals surface area contributed by atoms with E-state index in [-0.39, 0.29) is 0 Å². The summed E-state index contributed by atoms with van der Waals surface area (Å²) >= 11 is 8.11. The molecule has 0 amide bonds. The van der Waals surface area contributed by atoms with Gasteiger partial charge in [0, 0.05) is 10.9 Å². The van der Waals surface area contributed by atoms with Gasteiger partial charge in [-0.2, -0.15) is 0 Å². The van der Waals surface area contributed by atoms with Gasteiger partial charge in [0.15, 0.2) is 0 Å². The molecule has 104 valence electrons. The van der Waals surface area contributed by atoms with E-state index >= 15 is 0 Å². The predicted molar refractivity (Wildman–Crippen MR) is 83.7 cm³/mol. The zero-order valence-electron chi connectivity index (χ0n) is 11.8. The van der Waals surface area contributed by atoms with Crippen LogP contribution < -0.4 is 5.32 Å². The van der Waals surface area contributed by atoms with Gasteiger partial charge in [0.2, 0.25) is 0 Å². The SMILES string of the molecule is CCCCC(CC)C(NCCC)c1sccc1Cl. The molecule has 0 spiro atoms. The largest absolute Gasteiger partial charge is 0.309 e. The summed E-state index contributed by atoms with van der Waals surface area (Å²) in [6.07, 6.45) is 6.27. The van der Waals surface area contributed by atoms with Gasteiger partial charge in [-0.05, 0) is 36.8 Å². The molecular formula is C15H26ClNS. The maximum absolute atomic E-state index is 6.32. The van der Waals surface area contributed by atoms with Gasteiger partial charge in [-0.15, -0.1) is 11.3 Å². The van der Waals surface area contributed by atoms with Crippen molar-refractivity contribution in [3.8, 4) is 0 Å². The molecule has 2 unspecified atom stereocenters. The molecule has 0 fully saturated rings. The van der Waals surface area contributed by atoms with Crippen molar-refractivity contribution in [1.82, 2.24) is 5.32 Å². The lowest BCUT2D eigenvalue weighted by Crippen LogP contribution is -2.28. The summed E-state index contributed by atoms with van der Waals surface area (Å²) in [7, 11) is 0. The highest BCUT2D eigenvalue weighted by Gasteiger charge is 2.23. The minimum absolute atomic E-state index is 0.439. The fourth-order valence-electron chi connectivity index (χ4n) is 2.37. The smallest absolute Gasteiger partial charge is 0.0561 e. The molecule has 0 saturated carbocycles.